The van der Waals surface area contributed by atoms with E-state index in [1.165, 1.54) is 6.08 Å². The highest BCUT2D eigenvalue weighted by atomic mass is 16.3. The van der Waals surface area contributed by atoms with Crippen molar-refractivity contribution in [1.82, 2.24) is 0 Å². The lowest BCUT2D eigenvalue weighted by atomic mass is 9.97. The molecule has 0 aliphatic heterocycles. The Hall–Kier alpha value is -0.630. The van der Waals surface area contributed by atoms with Gasteiger partial charge in [-0.3, -0.25) is 4.79 Å². The fourth-order valence-electron chi connectivity index (χ4n) is 1.14. The molecule has 0 fully saturated rings. The Kier molecular flexibility index (Phi) is 5.64. The third kappa shape index (κ3) is 5.08. The number of hydrogen-bond acceptors (Lipinski definition) is 2. The van der Waals surface area contributed by atoms with Crippen molar-refractivity contribution >= 4 is 5.78 Å². The van der Waals surface area contributed by atoms with Crippen LogP contribution in [0.1, 0.15) is 33.1 Å². The van der Waals surface area contributed by atoms with E-state index in [1.54, 1.807) is 0 Å². The number of carbonyl (C=O) groups excluding carboxylic acids is 1. The largest absolute Gasteiger partial charge is 0.393 e. The summed E-state index contributed by atoms with van der Waals surface area (Å²) in [5.41, 5.74) is 0. The van der Waals surface area contributed by atoms with Crippen LogP contribution in [-0.4, -0.2) is 17.0 Å². The zero-order valence-corrected chi connectivity index (χ0v) is 7.92. The lowest BCUT2D eigenvalue weighted by Crippen LogP contribution is -2.12. The number of hydrogen-bond donors (Lipinski definition) is 1. The molecular formula is C10H18O2. The molecule has 0 aliphatic carbocycles. The highest BCUT2D eigenvalue weighted by Gasteiger charge is 2.10. The fourth-order valence-corrected chi connectivity index (χ4v) is 1.14. The monoisotopic (exact) mass is 170 g/mol. The second-order valence-electron chi connectivity index (χ2n) is 3.28. The van der Waals surface area contributed by atoms with Crippen LogP contribution in [0.2, 0.25) is 0 Å². The molecule has 0 amide bonds. The highest BCUT2D eigenvalue weighted by molar-refractivity contribution is 5.89. The Morgan fingerprint density at radius 1 is 1.67 bits per heavy atom. The maximum atomic E-state index is 10.9. The summed E-state index contributed by atoms with van der Waals surface area (Å²) in [6.07, 6.45) is 3.04. The molecule has 0 bridgehead atoms. The van der Waals surface area contributed by atoms with E-state index in [1.807, 2.05) is 13.8 Å². The van der Waals surface area contributed by atoms with Crippen molar-refractivity contribution in [3.05, 3.63) is 12.7 Å². The number of ketones is 1. The Labute approximate surface area is 74.3 Å². The minimum Gasteiger partial charge on any atom is -0.393 e. The van der Waals surface area contributed by atoms with Crippen molar-refractivity contribution < 1.29 is 9.90 Å². The summed E-state index contributed by atoms with van der Waals surface area (Å²) < 4.78 is 0. The second kappa shape index (κ2) is 5.95. The Balaban J connectivity index is 3.65. The molecule has 0 saturated heterocycles. The number of rotatable bonds is 6. The highest BCUT2D eigenvalue weighted by Crippen LogP contribution is 2.12. The van der Waals surface area contributed by atoms with Gasteiger partial charge in [-0.1, -0.05) is 20.4 Å². The maximum Gasteiger partial charge on any atom is 0.155 e. The molecule has 2 nitrogen and oxygen atoms in total. The minimum absolute atomic E-state index is 0.0609. The third-order valence-electron chi connectivity index (χ3n) is 1.92. The first-order chi connectivity index (χ1) is 5.60. The van der Waals surface area contributed by atoms with E-state index >= 15 is 0 Å². The summed E-state index contributed by atoms with van der Waals surface area (Å²) >= 11 is 0. The van der Waals surface area contributed by atoms with Gasteiger partial charge in [0.2, 0.25) is 0 Å². The summed E-state index contributed by atoms with van der Waals surface area (Å²) in [5.74, 6) is 0.316. The average molecular weight is 170 g/mol. The fraction of sp³-hybridized carbons (Fsp3) is 0.700. The molecule has 2 heteroatoms. The van der Waals surface area contributed by atoms with Crippen molar-refractivity contribution in [2.24, 2.45) is 5.92 Å². The first kappa shape index (κ1) is 11.4. The molecule has 0 aromatic rings. The maximum absolute atomic E-state index is 10.9. The van der Waals surface area contributed by atoms with Gasteiger partial charge in [-0.15, -0.1) is 0 Å². The van der Waals surface area contributed by atoms with Crippen LogP contribution in [0, 0.1) is 5.92 Å². The lowest BCUT2D eigenvalue weighted by molar-refractivity contribution is -0.115. The van der Waals surface area contributed by atoms with Crippen molar-refractivity contribution in [2.45, 2.75) is 39.2 Å². The van der Waals surface area contributed by atoms with Gasteiger partial charge in [0.25, 0.3) is 0 Å². The van der Waals surface area contributed by atoms with E-state index in [2.05, 4.69) is 6.58 Å². The molecule has 1 N–H and O–H groups in total. The molecule has 1 unspecified atom stereocenters. The van der Waals surface area contributed by atoms with Crippen LogP contribution in [0.3, 0.4) is 0 Å². The third-order valence-corrected chi connectivity index (χ3v) is 1.92. The van der Waals surface area contributed by atoms with E-state index in [4.69, 9.17) is 0 Å². The van der Waals surface area contributed by atoms with Crippen LogP contribution in [0.4, 0.5) is 0 Å². The van der Waals surface area contributed by atoms with Crippen LogP contribution >= 0.6 is 0 Å². The van der Waals surface area contributed by atoms with Crippen LogP contribution in [0.5, 0.6) is 0 Å². The summed E-state index contributed by atoms with van der Waals surface area (Å²) in [5, 5.41) is 9.28. The van der Waals surface area contributed by atoms with E-state index in [-0.39, 0.29) is 17.8 Å². The van der Waals surface area contributed by atoms with Gasteiger partial charge >= 0.3 is 0 Å². The first-order valence-electron chi connectivity index (χ1n) is 4.43. The minimum atomic E-state index is -0.266. The van der Waals surface area contributed by atoms with Crippen LogP contribution < -0.4 is 0 Å². The summed E-state index contributed by atoms with van der Waals surface area (Å²) in [6.45, 7) is 7.31. The summed E-state index contributed by atoms with van der Waals surface area (Å²) in [6, 6.07) is 0. The van der Waals surface area contributed by atoms with Crippen molar-refractivity contribution in [2.75, 3.05) is 0 Å². The van der Waals surface area contributed by atoms with Gasteiger partial charge in [0.15, 0.2) is 5.78 Å². The quantitative estimate of drug-likeness (QED) is 0.618. The van der Waals surface area contributed by atoms with E-state index < -0.39 is 0 Å². The zero-order chi connectivity index (χ0) is 9.56. The van der Waals surface area contributed by atoms with Gasteiger partial charge < -0.3 is 5.11 Å². The molecule has 0 aromatic heterocycles. The van der Waals surface area contributed by atoms with Crippen molar-refractivity contribution in [3.63, 3.8) is 0 Å². The molecular weight excluding hydrogens is 152 g/mol. The standard InChI is InChI=1S/C10H18O2/c1-4-9(11)6-8(3)7-10(12)5-2/h4,8,10,12H,1,5-7H2,2-3H3/t8?,10-/m0/s1. The molecule has 0 heterocycles. The normalized spacial score (nSPS) is 15.2. The first-order valence-corrected chi connectivity index (χ1v) is 4.43. The van der Waals surface area contributed by atoms with Crippen molar-refractivity contribution in [1.29, 1.82) is 0 Å². The van der Waals surface area contributed by atoms with Gasteiger partial charge in [0, 0.05) is 6.42 Å². The van der Waals surface area contributed by atoms with Crippen LogP contribution in [0.15, 0.2) is 12.7 Å². The topological polar surface area (TPSA) is 37.3 Å². The number of aliphatic hydroxyl groups is 1. The molecule has 0 rings (SSSR count). The summed E-state index contributed by atoms with van der Waals surface area (Å²) in [7, 11) is 0. The van der Waals surface area contributed by atoms with Crippen LogP contribution in [0.25, 0.3) is 0 Å². The lowest BCUT2D eigenvalue weighted by Gasteiger charge is -2.13. The number of allylic oxidation sites excluding steroid dienone is 1. The number of carbonyl (C=O) groups is 1. The van der Waals surface area contributed by atoms with Crippen molar-refractivity contribution in [3.8, 4) is 0 Å². The van der Waals surface area contributed by atoms with E-state index in [0.717, 1.165) is 6.42 Å². The van der Waals surface area contributed by atoms with Gasteiger partial charge in [0.05, 0.1) is 6.10 Å². The molecule has 0 spiro atoms. The molecule has 12 heavy (non-hydrogen) atoms. The molecule has 0 radical (unpaired) electrons. The Morgan fingerprint density at radius 3 is 2.67 bits per heavy atom. The predicted molar refractivity (Wildman–Crippen MR) is 49.9 cm³/mol. The molecule has 0 aliphatic rings. The predicted octanol–water partition coefficient (Wildman–Crippen LogP) is 1.93. The average Bonchev–Trinajstić information content (AvgIpc) is 2.03. The number of aliphatic hydroxyl groups excluding tert-OH is 1. The Bertz CT molecular complexity index is 152. The summed E-state index contributed by atoms with van der Waals surface area (Å²) in [4.78, 5) is 10.9. The second-order valence-corrected chi connectivity index (χ2v) is 3.28. The van der Waals surface area contributed by atoms with Gasteiger partial charge in [0.1, 0.15) is 0 Å². The molecule has 2 atom stereocenters. The van der Waals surface area contributed by atoms with Gasteiger partial charge in [-0.05, 0) is 24.8 Å². The van der Waals surface area contributed by atoms with E-state index in [0.29, 0.717) is 12.8 Å². The zero-order valence-electron chi connectivity index (χ0n) is 7.92. The van der Waals surface area contributed by atoms with Gasteiger partial charge in [-0.25, -0.2) is 0 Å². The smallest absolute Gasteiger partial charge is 0.155 e. The molecule has 0 aromatic carbocycles. The SMILES string of the molecule is C=CC(=O)CC(C)C[C@@H](O)CC. The van der Waals surface area contributed by atoms with E-state index in [9.17, 15) is 9.90 Å². The molecule has 0 saturated carbocycles. The van der Waals surface area contributed by atoms with Gasteiger partial charge in [-0.2, -0.15) is 0 Å². The Morgan fingerprint density at radius 2 is 2.25 bits per heavy atom. The molecule has 70 valence electrons. The van der Waals surface area contributed by atoms with Crippen LogP contribution in [-0.2, 0) is 4.79 Å².